The highest BCUT2D eigenvalue weighted by molar-refractivity contribution is 5.95. The minimum Gasteiger partial charge on any atom is -0.480 e. The molecule has 3 aromatic rings. The van der Waals surface area contributed by atoms with E-state index < -0.39 is 49.4 Å². The number of esters is 2. The van der Waals surface area contributed by atoms with E-state index in [1.54, 1.807) is 6.92 Å². The molecule has 0 spiro atoms. The summed E-state index contributed by atoms with van der Waals surface area (Å²) in [5.74, 6) is -4.59. The van der Waals surface area contributed by atoms with Crippen LogP contribution < -0.4 is 10.6 Å². The number of rotatable bonds is 31. The van der Waals surface area contributed by atoms with Crippen molar-refractivity contribution in [2.75, 3.05) is 85.7 Å². The maximum Gasteiger partial charge on any atom is 0.320 e. The fourth-order valence-corrected chi connectivity index (χ4v) is 9.82. The quantitative estimate of drug-likeness (QED) is 0.0328. The summed E-state index contributed by atoms with van der Waals surface area (Å²) in [6.45, 7) is 12.3. The monoisotopic (exact) mass is 1070 g/mol. The molecule has 0 fully saturated rings. The predicted octanol–water partition coefficient (Wildman–Crippen LogP) is 5.04. The van der Waals surface area contributed by atoms with E-state index in [2.05, 4.69) is 67.4 Å². The molecular weight excluding hydrogens is 993 g/mol. The molecule has 77 heavy (non-hydrogen) atoms. The molecule has 0 saturated carbocycles. The number of nitrogens with zero attached hydrogens (tertiary/aromatic N) is 6. The number of methoxy groups -OCH3 is 1. The van der Waals surface area contributed by atoms with Crippen LogP contribution in [-0.4, -0.2) is 182 Å². The number of carbonyl (C=O) groups excluding carboxylic acids is 4. The normalized spacial score (nSPS) is 12.5. The van der Waals surface area contributed by atoms with Gasteiger partial charge in [-0.25, -0.2) is 15.0 Å². The number of ether oxygens (including phenoxy) is 2. The molecule has 2 aliphatic rings. The Kier molecular flexibility index (Phi) is 23.0. The van der Waals surface area contributed by atoms with Gasteiger partial charge in [0.15, 0.2) is 5.82 Å². The van der Waals surface area contributed by atoms with Gasteiger partial charge in [-0.05, 0) is 123 Å². The maximum atomic E-state index is 13.5. The third kappa shape index (κ3) is 17.1. The van der Waals surface area contributed by atoms with Gasteiger partial charge in [-0.15, -0.1) is 0 Å². The summed E-state index contributed by atoms with van der Waals surface area (Å²) in [5.41, 5.74) is 14.0. The lowest BCUT2D eigenvalue weighted by Crippen LogP contribution is -2.47. The fourth-order valence-electron chi connectivity index (χ4n) is 9.82. The minimum atomic E-state index is -1.21. The molecule has 0 aliphatic carbocycles. The van der Waals surface area contributed by atoms with E-state index in [0.717, 1.165) is 104 Å². The van der Waals surface area contributed by atoms with Crippen LogP contribution in [0.25, 0.3) is 44.5 Å². The van der Waals surface area contributed by atoms with Crippen molar-refractivity contribution in [2.45, 2.75) is 106 Å². The van der Waals surface area contributed by atoms with Crippen LogP contribution in [-0.2, 0) is 62.3 Å². The van der Waals surface area contributed by atoms with Gasteiger partial charge in [0.1, 0.15) is 5.65 Å². The molecule has 0 unspecified atom stereocenters. The molecule has 418 valence electrons. The SMILES string of the molecule is CCOC(=O)CN(CCN(CCN(CC(=O)O)CC(=O)NCCNC(=O)CCC1=C(C)c2cc3[nH]c(nc4nc(cc5[nH]c(cc1n2)c(CCCC(=O)OC)c5C)C(CC)=C4CC)c(CC)c3CC)CC(=O)O)CC(=O)O. The number of hydrogen-bond donors (Lipinski definition) is 7. The van der Waals surface area contributed by atoms with Crippen LogP contribution in [0.4, 0.5) is 0 Å². The summed E-state index contributed by atoms with van der Waals surface area (Å²) in [4.78, 5) is 113. The van der Waals surface area contributed by atoms with Crippen molar-refractivity contribution in [3.63, 3.8) is 0 Å². The predicted molar refractivity (Wildman–Crippen MR) is 291 cm³/mol. The second kappa shape index (κ2) is 29.3. The molecule has 22 nitrogen and oxygen atoms in total. The number of nitrogens with one attached hydrogen (secondary N) is 4. The highest BCUT2D eigenvalue weighted by atomic mass is 16.5. The molecular formula is C55H76N10O12. The Morgan fingerprint density at radius 3 is 1.71 bits per heavy atom. The molecule has 8 bridgehead atoms. The lowest BCUT2D eigenvalue weighted by Gasteiger charge is -2.27. The van der Waals surface area contributed by atoms with E-state index in [4.69, 9.17) is 24.4 Å². The van der Waals surface area contributed by atoms with E-state index >= 15 is 0 Å². The molecule has 5 rings (SSSR count). The van der Waals surface area contributed by atoms with E-state index in [1.807, 2.05) is 13.0 Å². The van der Waals surface area contributed by atoms with Gasteiger partial charge in [0, 0.05) is 74.2 Å². The standard InChI is InChI=1S/C55H76N10O12/c1-9-35-37(11-3)54-60-43(35)25-41-33(6)39(15-14-16-52(74)76-8)45(58-41)27-46-40(34(7)42(59-46)26-44-36(10-2)38(12-4)55(61-44)62-54)17-18-47(66)56-19-20-57-48(67)28-64(30-50(70)71)23-21-63(29-49(68)69)22-24-65(31-51(72)73)32-53(75)77-13-5/h25-27,58H,9-24,28-32H2,1-8H3,(H,56,66)(H,57,67)(H,68,69)(H,70,71)(H,72,73)(H,60,61,62). The van der Waals surface area contributed by atoms with Crippen LogP contribution in [0.5, 0.6) is 0 Å². The molecule has 0 aromatic carbocycles. The van der Waals surface area contributed by atoms with Crippen molar-refractivity contribution in [3.05, 3.63) is 63.4 Å². The van der Waals surface area contributed by atoms with Gasteiger partial charge in [0.2, 0.25) is 11.8 Å². The first-order chi connectivity index (χ1) is 36.8. The topological polar surface area (TPSA) is 303 Å². The first-order valence-corrected chi connectivity index (χ1v) is 26.5. The van der Waals surface area contributed by atoms with E-state index in [1.165, 1.54) is 21.8 Å². The van der Waals surface area contributed by atoms with Gasteiger partial charge < -0.3 is 45.4 Å². The fraction of sp³-hybridized carbons (Fsp3) is 0.527. The molecule has 0 radical (unpaired) electrons. The van der Waals surface area contributed by atoms with Crippen molar-refractivity contribution in [1.29, 1.82) is 0 Å². The van der Waals surface area contributed by atoms with Crippen LogP contribution in [0.1, 0.15) is 125 Å². The number of carboxylic acid groups (broad SMARTS) is 3. The largest absolute Gasteiger partial charge is 0.480 e. The Balaban J connectivity index is 1.34. The highest BCUT2D eigenvalue weighted by Crippen LogP contribution is 2.37. The van der Waals surface area contributed by atoms with Crippen molar-refractivity contribution < 1.29 is 58.4 Å². The van der Waals surface area contributed by atoms with Gasteiger partial charge in [0.25, 0.3) is 0 Å². The summed E-state index contributed by atoms with van der Waals surface area (Å²) < 4.78 is 9.88. The second-order valence-corrected chi connectivity index (χ2v) is 18.9. The minimum absolute atomic E-state index is 0.000931. The zero-order valence-corrected chi connectivity index (χ0v) is 45.8. The first-order valence-electron chi connectivity index (χ1n) is 26.5. The third-order valence-corrected chi connectivity index (χ3v) is 13.7. The van der Waals surface area contributed by atoms with Crippen LogP contribution in [0.2, 0.25) is 0 Å². The van der Waals surface area contributed by atoms with E-state index in [0.29, 0.717) is 30.8 Å². The number of aryl methyl sites for hydroxylation is 4. The van der Waals surface area contributed by atoms with Crippen molar-refractivity contribution >= 4 is 86.2 Å². The average Bonchev–Trinajstić information content (AvgIpc) is 4.12. The highest BCUT2D eigenvalue weighted by Gasteiger charge is 2.24. The molecule has 0 saturated heterocycles. The van der Waals surface area contributed by atoms with Crippen LogP contribution >= 0.6 is 0 Å². The second-order valence-electron chi connectivity index (χ2n) is 18.9. The Labute approximate surface area is 448 Å². The molecule has 22 heteroatoms. The summed E-state index contributed by atoms with van der Waals surface area (Å²) >= 11 is 0. The molecule has 5 heterocycles. The Hall–Kier alpha value is -7.30. The molecule has 3 aromatic heterocycles. The van der Waals surface area contributed by atoms with E-state index in [9.17, 15) is 48.9 Å². The summed E-state index contributed by atoms with van der Waals surface area (Å²) in [6.07, 6.45) is 4.89. The molecule has 2 amide bonds. The zero-order valence-electron chi connectivity index (χ0n) is 45.8. The third-order valence-electron chi connectivity index (χ3n) is 13.7. The Morgan fingerprint density at radius 1 is 0.558 bits per heavy atom. The number of allylic oxidation sites excluding steroid dienone is 4. The number of carboxylic acids is 3. The van der Waals surface area contributed by atoms with Crippen molar-refractivity contribution in [3.8, 4) is 0 Å². The van der Waals surface area contributed by atoms with Gasteiger partial charge in [-0.1, -0.05) is 27.7 Å². The summed E-state index contributed by atoms with van der Waals surface area (Å²) in [6, 6.07) is 6.16. The van der Waals surface area contributed by atoms with Crippen molar-refractivity contribution in [2.24, 2.45) is 0 Å². The number of fused-ring (bicyclic) bond motifs is 8. The van der Waals surface area contributed by atoms with Crippen LogP contribution in [0, 0.1) is 6.92 Å². The lowest BCUT2D eigenvalue weighted by atomic mass is 9.99. The maximum absolute atomic E-state index is 13.5. The van der Waals surface area contributed by atoms with Gasteiger partial charge in [-0.3, -0.25) is 48.3 Å². The number of hydrogen-bond acceptors (Lipinski definition) is 15. The molecule has 7 N–H and O–H groups in total. The van der Waals surface area contributed by atoms with Gasteiger partial charge in [-0.2, -0.15) is 0 Å². The summed E-state index contributed by atoms with van der Waals surface area (Å²) in [7, 11) is 1.38. The summed E-state index contributed by atoms with van der Waals surface area (Å²) in [5, 5.41) is 34.1. The average molecular weight is 1070 g/mol. The van der Waals surface area contributed by atoms with Gasteiger partial charge >= 0.3 is 29.8 Å². The number of carbonyl (C=O) groups is 7. The Morgan fingerprint density at radius 2 is 1.12 bits per heavy atom. The number of H-pyrrole nitrogens is 2. The van der Waals surface area contributed by atoms with Crippen LogP contribution in [0.15, 0.2) is 18.2 Å². The smallest absolute Gasteiger partial charge is 0.320 e. The van der Waals surface area contributed by atoms with Crippen LogP contribution in [0.3, 0.4) is 0 Å². The molecule has 0 atom stereocenters. The van der Waals surface area contributed by atoms with Gasteiger partial charge in [0.05, 0.1) is 63.5 Å². The van der Waals surface area contributed by atoms with Crippen molar-refractivity contribution in [1.82, 2.24) is 50.3 Å². The molecule has 2 aliphatic heterocycles. The lowest BCUT2D eigenvalue weighted by molar-refractivity contribution is -0.147. The van der Waals surface area contributed by atoms with E-state index in [-0.39, 0.29) is 83.7 Å². The zero-order chi connectivity index (χ0) is 56.3. The number of aliphatic carboxylic acids is 3. The first kappa shape index (κ1) is 60.6. The number of aromatic amines is 2. The Bertz CT molecular complexity index is 2900. The number of amides is 2. The number of aromatic nitrogens is 5.